The molecule has 3 N–H and O–H groups in total. The first kappa shape index (κ1) is 11.5. The lowest BCUT2D eigenvalue weighted by Crippen LogP contribution is -2.08. The molecular formula is C13H18N4. The van der Waals surface area contributed by atoms with Crippen molar-refractivity contribution in [3.63, 3.8) is 0 Å². The van der Waals surface area contributed by atoms with Crippen molar-refractivity contribution in [2.75, 3.05) is 17.6 Å². The summed E-state index contributed by atoms with van der Waals surface area (Å²) in [5.74, 6) is 0. The Morgan fingerprint density at radius 2 is 2.18 bits per heavy atom. The van der Waals surface area contributed by atoms with E-state index in [0.29, 0.717) is 0 Å². The summed E-state index contributed by atoms with van der Waals surface area (Å²) in [5.41, 5.74) is 10.1. The Morgan fingerprint density at radius 3 is 2.82 bits per heavy atom. The van der Waals surface area contributed by atoms with Gasteiger partial charge in [0, 0.05) is 43.3 Å². The minimum absolute atomic E-state index is 0.835. The summed E-state index contributed by atoms with van der Waals surface area (Å²) in [6.45, 7) is 2.91. The van der Waals surface area contributed by atoms with Gasteiger partial charge in [-0.15, -0.1) is 0 Å². The van der Waals surface area contributed by atoms with Crippen molar-refractivity contribution in [3.05, 3.63) is 41.7 Å². The van der Waals surface area contributed by atoms with E-state index in [2.05, 4.69) is 16.5 Å². The molecular weight excluding hydrogens is 212 g/mol. The zero-order chi connectivity index (χ0) is 12.3. The zero-order valence-corrected chi connectivity index (χ0v) is 10.3. The van der Waals surface area contributed by atoms with Gasteiger partial charge in [-0.05, 0) is 36.8 Å². The Kier molecular flexibility index (Phi) is 3.32. The Bertz CT molecular complexity index is 502. The molecule has 0 radical (unpaired) electrons. The van der Waals surface area contributed by atoms with Gasteiger partial charge < -0.3 is 11.1 Å². The highest BCUT2D eigenvalue weighted by atomic mass is 15.3. The fourth-order valence-electron chi connectivity index (χ4n) is 1.77. The SMILES string of the molecule is Cc1cc(NCCc2ccnn2C)ccc1N. The summed E-state index contributed by atoms with van der Waals surface area (Å²) >= 11 is 0. The molecule has 4 heteroatoms. The number of nitrogens with one attached hydrogen (secondary N) is 1. The van der Waals surface area contributed by atoms with Crippen molar-refractivity contribution in [2.45, 2.75) is 13.3 Å². The Balaban J connectivity index is 1.90. The van der Waals surface area contributed by atoms with Crippen LogP contribution in [0.5, 0.6) is 0 Å². The normalized spacial score (nSPS) is 10.5. The van der Waals surface area contributed by atoms with E-state index in [0.717, 1.165) is 29.9 Å². The molecule has 0 aliphatic carbocycles. The number of hydrogen-bond acceptors (Lipinski definition) is 3. The molecule has 0 amide bonds. The highest BCUT2D eigenvalue weighted by Crippen LogP contribution is 2.16. The molecule has 0 spiro atoms. The molecule has 0 fully saturated rings. The summed E-state index contributed by atoms with van der Waals surface area (Å²) in [7, 11) is 1.96. The standard InChI is InChI=1S/C13H18N4/c1-10-9-11(3-4-13(10)14)15-7-5-12-6-8-16-17(12)2/h3-4,6,8-9,15H,5,7,14H2,1-2H3. The lowest BCUT2D eigenvalue weighted by Gasteiger charge is -2.08. The number of benzene rings is 1. The van der Waals surface area contributed by atoms with Gasteiger partial charge in [0.1, 0.15) is 0 Å². The van der Waals surface area contributed by atoms with Crippen molar-refractivity contribution in [1.82, 2.24) is 9.78 Å². The maximum Gasteiger partial charge on any atom is 0.0492 e. The van der Waals surface area contributed by atoms with E-state index in [1.165, 1.54) is 5.69 Å². The largest absolute Gasteiger partial charge is 0.399 e. The molecule has 0 bridgehead atoms. The summed E-state index contributed by atoms with van der Waals surface area (Å²) in [6, 6.07) is 8.04. The minimum Gasteiger partial charge on any atom is -0.399 e. The number of nitrogens with two attached hydrogens (primary N) is 1. The van der Waals surface area contributed by atoms with Gasteiger partial charge in [0.2, 0.25) is 0 Å². The lowest BCUT2D eigenvalue weighted by atomic mass is 10.2. The predicted octanol–water partition coefficient (Wildman–Crippen LogP) is 1.97. The first-order chi connectivity index (χ1) is 8.16. The molecule has 0 atom stereocenters. The molecule has 0 saturated carbocycles. The second kappa shape index (κ2) is 4.91. The van der Waals surface area contributed by atoms with Gasteiger partial charge in [-0.1, -0.05) is 0 Å². The minimum atomic E-state index is 0.835. The van der Waals surface area contributed by atoms with Gasteiger partial charge in [-0.2, -0.15) is 5.10 Å². The fourth-order valence-corrected chi connectivity index (χ4v) is 1.77. The van der Waals surface area contributed by atoms with Crippen LogP contribution in [-0.2, 0) is 13.5 Å². The smallest absolute Gasteiger partial charge is 0.0492 e. The van der Waals surface area contributed by atoms with Gasteiger partial charge in [-0.3, -0.25) is 4.68 Å². The Morgan fingerprint density at radius 1 is 1.35 bits per heavy atom. The van der Waals surface area contributed by atoms with E-state index in [1.807, 2.05) is 43.0 Å². The van der Waals surface area contributed by atoms with Crippen molar-refractivity contribution in [1.29, 1.82) is 0 Å². The van der Waals surface area contributed by atoms with E-state index < -0.39 is 0 Å². The van der Waals surface area contributed by atoms with Crippen LogP contribution in [0, 0.1) is 6.92 Å². The summed E-state index contributed by atoms with van der Waals surface area (Å²) in [4.78, 5) is 0. The van der Waals surface area contributed by atoms with E-state index >= 15 is 0 Å². The summed E-state index contributed by atoms with van der Waals surface area (Å²) in [6.07, 6.45) is 2.78. The number of nitrogen functional groups attached to an aromatic ring is 1. The molecule has 1 heterocycles. The number of hydrogen-bond donors (Lipinski definition) is 2. The molecule has 17 heavy (non-hydrogen) atoms. The van der Waals surface area contributed by atoms with Crippen molar-refractivity contribution in [2.24, 2.45) is 7.05 Å². The third-order valence-electron chi connectivity index (χ3n) is 2.90. The van der Waals surface area contributed by atoms with Crippen LogP contribution in [0.15, 0.2) is 30.5 Å². The van der Waals surface area contributed by atoms with E-state index in [9.17, 15) is 0 Å². The van der Waals surface area contributed by atoms with E-state index in [4.69, 9.17) is 5.73 Å². The molecule has 0 aliphatic rings. The number of aryl methyl sites for hydroxylation is 2. The first-order valence-electron chi connectivity index (χ1n) is 5.73. The number of aromatic nitrogens is 2. The quantitative estimate of drug-likeness (QED) is 0.789. The van der Waals surface area contributed by atoms with Crippen molar-refractivity contribution < 1.29 is 0 Å². The van der Waals surface area contributed by atoms with E-state index in [-0.39, 0.29) is 0 Å². The lowest BCUT2D eigenvalue weighted by molar-refractivity contribution is 0.711. The maximum atomic E-state index is 5.78. The van der Waals surface area contributed by atoms with Crippen LogP contribution < -0.4 is 11.1 Å². The first-order valence-corrected chi connectivity index (χ1v) is 5.73. The molecule has 90 valence electrons. The molecule has 1 aromatic carbocycles. The molecule has 0 unspecified atom stereocenters. The molecule has 1 aromatic heterocycles. The molecule has 2 aromatic rings. The van der Waals surface area contributed by atoms with Gasteiger partial charge >= 0.3 is 0 Å². The van der Waals surface area contributed by atoms with Crippen LogP contribution in [0.4, 0.5) is 11.4 Å². The van der Waals surface area contributed by atoms with Crippen molar-refractivity contribution >= 4 is 11.4 Å². The van der Waals surface area contributed by atoms with Gasteiger partial charge in [0.05, 0.1) is 0 Å². The topological polar surface area (TPSA) is 55.9 Å². The molecule has 4 nitrogen and oxygen atoms in total. The van der Waals surface area contributed by atoms with Crippen LogP contribution in [0.2, 0.25) is 0 Å². The Hall–Kier alpha value is -1.97. The number of nitrogens with zero attached hydrogens (tertiary/aromatic N) is 2. The Labute approximate surface area is 101 Å². The zero-order valence-electron chi connectivity index (χ0n) is 10.3. The van der Waals surface area contributed by atoms with Crippen LogP contribution >= 0.6 is 0 Å². The highest BCUT2D eigenvalue weighted by molar-refractivity contribution is 5.56. The predicted molar refractivity (Wildman–Crippen MR) is 71.0 cm³/mol. The second-order valence-electron chi connectivity index (χ2n) is 4.19. The average Bonchev–Trinajstić information content (AvgIpc) is 2.70. The molecule has 2 rings (SSSR count). The molecule has 0 saturated heterocycles. The summed E-state index contributed by atoms with van der Waals surface area (Å²) in [5, 5.41) is 7.52. The summed E-state index contributed by atoms with van der Waals surface area (Å²) < 4.78 is 1.90. The van der Waals surface area contributed by atoms with Crippen LogP contribution in [0.3, 0.4) is 0 Å². The third kappa shape index (κ3) is 2.78. The number of rotatable bonds is 4. The van der Waals surface area contributed by atoms with Gasteiger partial charge in [-0.25, -0.2) is 0 Å². The van der Waals surface area contributed by atoms with E-state index in [1.54, 1.807) is 0 Å². The number of anilines is 2. The monoisotopic (exact) mass is 230 g/mol. The van der Waals surface area contributed by atoms with Crippen molar-refractivity contribution in [3.8, 4) is 0 Å². The maximum absolute atomic E-state index is 5.78. The van der Waals surface area contributed by atoms with Gasteiger partial charge in [0.25, 0.3) is 0 Å². The third-order valence-corrected chi connectivity index (χ3v) is 2.90. The van der Waals surface area contributed by atoms with Crippen LogP contribution in [0.25, 0.3) is 0 Å². The van der Waals surface area contributed by atoms with Crippen LogP contribution in [0.1, 0.15) is 11.3 Å². The molecule has 0 aliphatic heterocycles. The van der Waals surface area contributed by atoms with Gasteiger partial charge in [0.15, 0.2) is 0 Å². The average molecular weight is 230 g/mol. The highest BCUT2D eigenvalue weighted by Gasteiger charge is 1.99. The second-order valence-corrected chi connectivity index (χ2v) is 4.19. The fraction of sp³-hybridized carbons (Fsp3) is 0.308. The van der Waals surface area contributed by atoms with Crippen LogP contribution in [-0.4, -0.2) is 16.3 Å².